The largest absolute Gasteiger partial charge is 0.443 e. The van der Waals surface area contributed by atoms with E-state index in [9.17, 15) is 19.7 Å². The fraction of sp³-hybridized carbons (Fsp3) is 0.455. The van der Waals surface area contributed by atoms with E-state index in [1.807, 2.05) is 0 Å². The molecule has 0 spiro atoms. The molecule has 1 aliphatic rings. The van der Waals surface area contributed by atoms with Crippen molar-refractivity contribution in [1.82, 2.24) is 4.90 Å². The molecule has 10 heteroatoms. The zero-order valence-corrected chi connectivity index (χ0v) is 19.8. The number of para-hydroxylation sites is 2. The molecule has 0 aromatic heterocycles. The van der Waals surface area contributed by atoms with Gasteiger partial charge >= 0.3 is 12.2 Å². The van der Waals surface area contributed by atoms with Crippen LogP contribution in [-0.2, 0) is 9.47 Å². The van der Waals surface area contributed by atoms with E-state index in [1.54, 1.807) is 65.8 Å². The number of nitrogens with one attached hydrogen (secondary N) is 1. The Morgan fingerprint density at radius 3 is 2.09 bits per heavy atom. The SMILES string of the molecule is CC(C)(C)OC(=O)N(C(=O)OC(C)(C)C)C1=CCCC(Nc2ccccc2[N+](=O)[O-])=C1Cl. The Balaban J connectivity index is 2.46. The third-order valence-corrected chi connectivity index (χ3v) is 4.42. The van der Waals surface area contributed by atoms with E-state index in [0.717, 1.165) is 4.90 Å². The zero-order valence-electron chi connectivity index (χ0n) is 19.0. The van der Waals surface area contributed by atoms with Crippen LogP contribution in [0.3, 0.4) is 0 Å². The summed E-state index contributed by atoms with van der Waals surface area (Å²) in [5, 5.41) is 14.4. The number of ether oxygens (including phenoxy) is 2. The molecule has 0 radical (unpaired) electrons. The molecule has 0 atom stereocenters. The molecule has 0 bridgehead atoms. The van der Waals surface area contributed by atoms with Crippen LogP contribution in [0.25, 0.3) is 0 Å². The number of carbonyl (C=O) groups excluding carboxylic acids is 2. The van der Waals surface area contributed by atoms with Gasteiger partial charge in [0, 0.05) is 11.8 Å². The van der Waals surface area contributed by atoms with Gasteiger partial charge in [-0.25, -0.2) is 9.59 Å². The van der Waals surface area contributed by atoms with Crippen LogP contribution < -0.4 is 5.32 Å². The minimum Gasteiger partial charge on any atom is -0.443 e. The van der Waals surface area contributed by atoms with Crippen LogP contribution in [0, 0.1) is 10.1 Å². The lowest BCUT2D eigenvalue weighted by Crippen LogP contribution is -2.43. The molecule has 0 fully saturated rings. The van der Waals surface area contributed by atoms with Crippen LogP contribution in [0.1, 0.15) is 54.4 Å². The fourth-order valence-electron chi connectivity index (χ4n) is 2.80. The Bertz CT molecular complexity index is 945. The summed E-state index contributed by atoms with van der Waals surface area (Å²) in [6, 6.07) is 6.12. The summed E-state index contributed by atoms with van der Waals surface area (Å²) in [5.74, 6) is 0. The van der Waals surface area contributed by atoms with E-state index in [2.05, 4.69) is 5.32 Å². The number of nitro benzene ring substituents is 1. The molecule has 0 heterocycles. The molecule has 9 nitrogen and oxygen atoms in total. The summed E-state index contributed by atoms with van der Waals surface area (Å²) in [6.07, 6.45) is 0.591. The normalized spacial score (nSPS) is 14.4. The third kappa shape index (κ3) is 6.71. The summed E-state index contributed by atoms with van der Waals surface area (Å²) in [6.45, 7) is 10.0. The molecule has 0 saturated heterocycles. The van der Waals surface area contributed by atoms with Crippen molar-refractivity contribution in [2.45, 2.75) is 65.6 Å². The van der Waals surface area contributed by atoms with Gasteiger partial charge in [0.25, 0.3) is 5.69 Å². The van der Waals surface area contributed by atoms with Crippen molar-refractivity contribution < 1.29 is 24.0 Å². The van der Waals surface area contributed by atoms with Crippen LogP contribution in [0.2, 0.25) is 0 Å². The summed E-state index contributed by atoms with van der Waals surface area (Å²) >= 11 is 6.58. The molecule has 174 valence electrons. The van der Waals surface area contributed by atoms with Crippen molar-refractivity contribution in [2.75, 3.05) is 5.32 Å². The maximum Gasteiger partial charge on any atom is 0.424 e. The van der Waals surface area contributed by atoms with Crippen molar-refractivity contribution >= 4 is 35.2 Å². The van der Waals surface area contributed by atoms with Crippen LogP contribution in [0.4, 0.5) is 21.0 Å². The summed E-state index contributed by atoms with van der Waals surface area (Å²) in [4.78, 5) is 37.4. The number of nitrogens with zero attached hydrogens (tertiary/aromatic N) is 2. The number of hydrogen-bond donors (Lipinski definition) is 1. The van der Waals surface area contributed by atoms with Crippen molar-refractivity contribution in [3.8, 4) is 0 Å². The molecule has 1 aromatic carbocycles. The predicted molar refractivity (Wildman–Crippen MR) is 121 cm³/mol. The number of benzene rings is 1. The van der Waals surface area contributed by atoms with Crippen LogP contribution in [0.5, 0.6) is 0 Å². The number of amides is 2. The number of rotatable bonds is 4. The highest BCUT2D eigenvalue weighted by Gasteiger charge is 2.36. The maximum absolute atomic E-state index is 12.9. The Hall–Kier alpha value is -3.07. The Labute approximate surface area is 192 Å². The van der Waals surface area contributed by atoms with Gasteiger partial charge in [0.15, 0.2) is 0 Å². The van der Waals surface area contributed by atoms with Gasteiger partial charge in [-0.05, 0) is 60.5 Å². The molecular weight excluding hydrogens is 438 g/mol. The molecule has 32 heavy (non-hydrogen) atoms. The summed E-state index contributed by atoms with van der Waals surface area (Å²) < 4.78 is 10.8. The number of nitro groups is 1. The highest BCUT2D eigenvalue weighted by Crippen LogP contribution is 2.35. The van der Waals surface area contributed by atoms with E-state index < -0.39 is 28.3 Å². The minimum absolute atomic E-state index is 0.0612. The number of imide groups is 1. The Kier molecular flexibility index (Phi) is 7.56. The van der Waals surface area contributed by atoms with E-state index in [-0.39, 0.29) is 22.1 Å². The van der Waals surface area contributed by atoms with Crippen LogP contribution in [0.15, 0.2) is 46.8 Å². The second-order valence-corrected chi connectivity index (χ2v) is 9.49. The lowest BCUT2D eigenvalue weighted by Gasteiger charge is -2.31. The van der Waals surface area contributed by atoms with Gasteiger partial charge in [0.05, 0.1) is 15.7 Å². The molecule has 2 rings (SSSR count). The predicted octanol–water partition coefficient (Wildman–Crippen LogP) is 6.31. The molecule has 1 aromatic rings. The molecule has 1 aliphatic carbocycles. The number of hydrogen-bond acceptors (Lipinski definition) is 7. The number of anilines is 1. The molecular formula is C22H28ClN3O6. The minimum atomic E-state index is -0.942. The number of halogens is 1. The average Bonchev–Trinajstić information content (AvgIpc) is 2.62. The lowest BCUT2D eigenvalue weighted by atomic mass is 10.1. The van der Waals surface area contributed by atoms with Gasteiger partial charge in [-0.3, -0.25) is 10.1 Å². The first-order chi connectivity index (χ1) is 14.7. The monoisotopic (exact) mass is 465 g/mol. The van der Waals surface area contributed by atoms with Gasteiger partial charge in [0.2, 0.25) is 0 Å². The summed E-state index contributed by atoms with van der Waals surface area (Å²) in [5.41, 5.74) is -1.11. The number of allylic oxidation sites excluding steroid dienone is 3. The third-order valence-electron chi connectivity index (χ3n) is 4.00. The Morgan fingerprint density at radius 1 is 1.06 bits per heavy atom. The smallest absolute Gasteiger partial charge is 0.424 e. The molecule has 0 unspecified atom stereocenters. The topological polar surface area (TPSA) is 111 Å². The van der Waals surface area contributed by atoms with Gasteiger partial charge in [-0.15, -0.1) is 0 Å². The van der Waals surface area contributed by atoms with Crippen molar-refractivity contribution in [2.24, 2.45) is 0 Å². The van der Waals surface area contributed by atoms with Crippen molar-refractivity contribution in [3.63, 3.8) is 0 Å². The first kappa shape index (κ1) is 25.2. The average molecular weight is 466 g/mol. The quantitative estimate of drug-likeness (QED) is 0.409. The van der Waals surface area contributed by atoms with Crippen molar-refractivity contribution in [1.29, 1.82) is 0 Å². The van der Waals surface area contributed by atoms with Gasteiger partial charge in [0.1, 0.15) is 16.9 Å². The van der Waals surface area contributed by atoms with E-state index in [4.69, 9.17) is 21.1 Å². The van der Waals surface area contributed by atoms with Gasteiger partial charge < -0.3 is 14.8 Å². The number of carbonyl (C=O) groups is 2. The second kappa shape index (κ2) is 9.60. The maximum atomic E-state index is 12.9. The Morgan fingerprint density at radius 2 is 1.59 bits per heavy atom. The summed E-state index contributed by atoms with van der Waals surface area (Å²) in [7, 11) is 0. The highest BCUT2D eigenvalue weighted by atomic mass is 35.5. The molecule has 0 saturated carbocycles. The second-order valence-electron chi connectivity index (χ2n) is 9.12. The highest BCUT2D eigenvalue weighted by molar-refractivity contribution is 6.33. The molecule has 1 N–H and O–H groups in total. The molecule has 2 amide bonds. The van der Waals surface area contributed by atoms with Crippen LogP contribution in [-0.4, -0.2) is 33.2 Å². The van der Waals surface area contributed by atoms with E-state index >= 15 is 0 Å². The zero-order chi connectivity index (χ0) is 24.3. The van der Waals surface area contributed by atoms with Gasteiger partial charge in [-0.2, -0.15) is 4.90 Å². The fourth-order valence-corrected chi connectivity index (χ4v) is 3.10. The first-order valence-corrected chi connectivity index (χ1v) is 10.4. The molecule has 0 aliphatic heterocycles. The van der Waals surface area contributed by atoms with Crippen molar-refractivity contribution in [3.05, 3.63) is 56.9 Å². The van der Waals surface area contributed by atoms with E-state index in [1.165, 1.54) is 6.07 Å². The lowest BCUT2D eigenvalue weighted by molar-refractivity contribution is -0.383. The van der Waals surface area contributed by atoms with Gasteiger partial charge in [-0.1, -0.05) is 29.8 Å². The first-order valence-electron chi connectivity index (χ1n) is 10.1. The van der Waals surface area contributed by atoms with Crippen LogP contribution >= 0.6 is 11.6 Å². The standard InChI is InChI=1S/C22H28ClN3O6/c1-21(2,3)31-19(27)25(20(28)32-22(4,5)6)17-13-9-11-15(18(17)23)24-14-10-7-8-12-16(14)26(29)30/h7-8,10,12-13,24H,9,11H2,1-6H3. The van der Waals surface area contributed by atoms with E-state index in [0.29, 0.717) is 18.5 Å².